The highest BCUT2D eigenvalue weighted by Gasteiger charge is 2.20. The first kappa shape index (κ1) is 14.0. The lowest BCUT2D eigenvalue weighted by Crippen LogP contribution is -2.36. The number of nitrogens with zero attached hydrogens (tertiary/aromatic N) is 2. The molecule has 6 heteroatoms. The van der Waals surface area contributed by atoms with Crippen molar-refractivity contribution in [3.05, 3.63) is 11.8 Å². The number of rotatable bonds is 4. The average molecular weight is 251 g/mol. The molecule has 98 valence electrons. The van der Waals surface area contributed by atoms with Crippen LogP contribution in [0.2, 0.25) is 0 Å². The fraction of sp³-hybridized carbons (Fsp3) is 0.583. The molecule has 6 nitrogen and oxygen atoms in total. The van der Waals surface area contributed by atoms with E-state index in [0.29, 0.717) is 13.1 Å². The fourth-order valence-corrected chi connectivity index (χ4v) is 1.72. The maximum Gasteiger partial charge on any atom is 0.325 e. The second-order valence-electron chi connectivity index (χ2n) is 3.98. The summed E-state index contributed by atoms with van der Waals surface area (Å²) in [4.78, 5) is 24.5. The maximum atomic E-state index is 12.0. The third-order valence-electron chi connectivity index (χ3n) is 2.71. The summed E-state index contributed by atoms with van der Waals surface area (Å²) < 4.78 is 4.43. The van der Waals surface area contributed by atoms with Crippen LogP contribution in [0.25, 0.3) is 0 Å². The van der Waals surface area contributed by atoms with E-state index in [0.717, 1.165) is 19.3 Å². The van der Waals surface area contributed by atoms with E-state index in [2.05, 4.69) is 10.1 Å². The lowest BCUT2D eigenvalue weighted by Gasteiger charge is -2.26. The number of hydrogen-bond donors (Lipinski definition) is 1. The second-order valence-corrected chi connectivity index (χ2v) is 3.98. The molecule has 1 saturated heterocycles. The summed E-state index contributed by atoms with van der Waals surface area (Å²) >= 11 is 0. The Morgan fingerprint density at radius 3 is 2.61 bits per heavy atom. The molecule has 0 aromatic carbocycles. The van der Waals surface area contributed by atoms with Crippen molar-refractivity contribution in [1.29, 1.82) is 5.26 Å². The van der Waals surface area contributed by atoms with Crippen molar-refractivity contribution in [2.45, 2.75) is 19.3 Å². The van der Waals surface area contributed by atoms with Gasteiger partial charge in [0, 0.05) is 19.3 Å². The summed E-state index contributed by atoms with van der Waals surface area (Å²) in [5.41, 5.74) is 0.0146. The number of methoxy groups -OCH3 is 1. The summed E-state index contributed by atoms with van der Waals surface area (Å²) in [6.45, 7) is 1.32. The fourth-order valence-electron chi connectivity index (χ4n) is 1.72. The molecule has 1 N–H and O–H groups in total. The minimum absolute atomic E-state index is 0.0146. The zero-order chi connectivity index (χ0) is 13.4. The van der Waals surface area contributed by atoms with Gasteiger partial charge >= 0.3 is 5.97 Å². The molecule has 0 aromatic rings. The molecule has 0 aromatic heterocycles. The van der Waals surface area contributed by atoms with Gasteiger partial charge in [0.2, 0.25) is 0 Å². The molecule has 18 heavy (non-hydrogen) atoms. The highest BCUT2D eigenvalue weighted by Crippen LogP contribution is 2.11. The Morgan fingerprint density at radius 1 is 1.39 bits per heavy atom. The van der Waals surface area contributed by atoms with E-state index in [1.807, 2.05) is 6.07 Å². The van der Waals surface area contributed by atoms with Crippen molar-refractivity contribution < 1.29 is 14.3 Å². The number of esters is 1. The van der Waals surface area contributed by atoms with Gasteiger partial charge in [0.05, 0.1) is 7.11 Å². The molecule has 1 fully saturated rings. The second kappa shape index (κ2) is 7.33. The number of nitriles is 1. The maximum absolute atomic E-state index is 12.0. The van der Waals surface area contributed by atoms with Crippen molar-refractivity contribution in [3.8, 4) is 6.07 Å². The minimum Gasteiger partial charge on any atom is -0.468 e. The molecule has 1 heterocycles. The largest absolute Gasteiger partial charge is 0.468 e. The summed E-state index contributed by atoms with van der Waals surface area (Å²) in [6.07, 6.45) is 4.34. The Hall–Kier alpha value is -2.03. The number of likely N-dealkylation sites (tertiary alicyclic amines) is 1. The lowest BCUT2D eigenvalue weighted by molar-refractivity contribution is -0.139. The van der Waals surface area contributed by atoms with Crippen molar-refractivity contribution in [2.75, 3.05) is 26.7 Å². The third-order valence-corrected chi connectivity index (χ3v) is 2.71. The van der Waals surface area contributed by atoms with Crippen LogP contribution >= 0.6 is 0 Å². The van der Waals surface area contributed by atoms with Crippen molar-refractivity contribution in [3.63, 3.8) is 0 Å². The summed E-state index contributed by atoms with van der Waals surface area (Å²) in [7, 11) is 1.28. The highest BCUT2D eigenvalue weighted by atomic mass is 16.5. The van der Waals surface area contributed by atoms with E-state index >= 15 is 0 Å². The first-order valence-electron chi connectivity index (χ1n) is 5.88. The van der Waals surface area contributed by atoms with Crippen LogP contribution in [-0.2, 0) is 14.3 Å². The molecule has 0 unspecified atom stereocenters. The minimum atomic E-state index is -0.450. The number of piperidine rings is 1. The van der Waals surface area contributed by atoms with Gasteiger partial charge in [-0.2, -0.15) is 5.26 Å². The molecule has 1 rings (SSSR count). The van der Waals surface area contributed by atoms with E-state index in [1.54, 1.807) is 4.90 Å². The van der Waals surface area contributed by atoms with E-state index in [-0.39, 0.29) is 18.0 Å². The third kappa shape index (κ3) is 4.09. The topological polar surface area (TPSA) is 82.4 Å². The highest BCUT2D eigenvalue weighted by molar-refractivity contribution is 5.97. The van der Waals surface area contributed by atoms with Crippen LogP contribution in [0.15, 0.2) is 11.8 Å². The summed E-state index contributed by atoms with van der Waals surface area (Å²) in [5, 5.41) is 11.5. The van der Waals surface area contributed by atoms with Crippen LogP contribution in [0.4, 0.5) is 0 Å². The zero-order valence-corrected chi connectivity index (χ0v) is 10.4. The predicted molar refractivity (Wildman–Crippen MR) is 64.1 cm³/mol. The van der Waals surface area contributed by atoms with Gasteiger partial charge in [-0.25, -0.2) is 0 Å². The van der Waals surface area contributed by atoms with E-state index in [4.69, 9.17) is 5.26 Å². The zero-order valence-electron chi connectivity index (χ0n) is 10.4. The normalized spacial score (nSPS) is 15.8. The summed E-state index contributed by atoms with van der Waals surface area (Å²) in [5.74, 6) is -0.733. The van der Waals surface area contributed by atoms with E-state index in [9.17, 15) is 9.59 Å². The lowest BCUT2D eigenvalue weighted by atomic mass is 10.1. The van der Waals surface area contributed by atoms with Gasteiger partial charge in [-0.15, -0.1) is 0 Å². The van der Waals surface area contributed by atoms with Crippen molar-refractivity contribution in [2.24, 2.45) is 0 Å². The molecule has 0 bridgehead atoms. The molecule has 0 spiro atoms. The molecule has 0 atom stereocenters. The molecule has 1 aliphatic rings. The number of ether oxygens (including phenoxy) is 1. The van der Waals surface area contributed by atoms with Crippen LogP contribution < -0.4 is 5.32 Å². The Bertz CT molecular complexity index is 379. The van der Waals surface area contributed by atoms with Gasteiger partial charge < -0.3 is 15.0 Å². The van der Waals surface area contributed by atoms with Crippen LogP contribution in [0.1, 0.15) is 19.3 Å². The number of hydrogen-bond acceptors (Lipinski definition) is 5. The van der Waals surface area contributed by atoms with E-state index < -0.39 is 5.97 Å². The molecular formula is C12H17N3O3. The van der Waals surface area contributed by atoms with Gasteiger partial charge in [0.25, 0.3) is 5.91 Å². The number of carbonyl (C=O) groups excluding carboxylic acids is 2. The first-order valence-corrected chi connectivity index (χ1v) is 5.88. The van der Waals surface area contributed by atoms with Crippen molar-refractivity contribution in [1.82, 2.24) is 10.2 Å². The Labute approximate surface area is 106 Å². The average Bonchev–Trinajstić information content (AvgIpc) is 2.43. The van der Waals surface area contributed by atoms with Gasteiger partial charge in [-0.05, 0) is 19.3 Å². The quantitative estimate of drug-likeness (QED) is 0.437. The van der Waals surface area contributed by atoms with Crippen LogP contribution in [0, 0.1) is 11.3 Å². The monoisotopic (exact) mass is 251 g/mol. The number of nitrogens with one attached hydrogen (secondary N) is 1. The standard InChI is InChI=1S/C12H17N3O3/c1-18-11(16)9-14-8-10(7-13)12(17)15-5-3-2-4-6-15/h8,14H,2-6,9H2,1H3/b10-8-. The smallest absolute Gasteiger partial charge is 0.325 e. The van der Waals surface area contributed by atoms with Gasteiger partial charge in [0.1, 0.15) is 18.2 Å². The van der Waals surface area contributed by atoms with Gasteiger partial charge in [-0.1, -0.05) is 0 Å². The number of amides is 1. The molecular weight excluding hydrogens is 234 g/mol. The van der Waals surface area contributed by atoms with Crippen LogP contribution in [0.3, 0.4) is 0 Å². The number of carbonyl (C=O) groups is 2. The SMILES string of the molecule is COC(=O)CN/C=C(/C#N)C(=O)N1CCCCC1. The molecule has 0 radical (unpaired) electrons. The predicted octanol–water partition coefficient (Wildman–Crippen LogP) is 0.169. The Balaban J connectivity index is 2.53. The molecule has 1 amide bonds. The van der Waals surface area contributed by atoms with E-state index in [1.165, 1.54) is 13.3 Å². The first-order chi connectivity index (χ1) is 8.69. The molecule has 1 aliphatic heterocycles. The van der Waals surface area contributed by atoms with Gasteiger partial charge in [-0.3, -0.25) is 9.59 Å². The Morgan fingerprint density at radius 2 is 2.06 bits per heavy atom. The van der Waals surface area contributed by atoms with Crippen LogP contribution in [0.5, 0.6) is 0 Å². The Kier molecular flexibility index (Phi) is 5.71. The van der Waals surface area contributed by atoms with Crippen LogP contribution in [-0.4, -0.2) is 43.5 Å². The summed E-state index contributed by atoms with van der Waals surface area (Å²) in [6, 6.07) is 1.85. The molecule has 0 saturated carbocycles. The van der Waals surface area contributed by atoms with Gasteiger partial charge in [0.15, 0.2) is 0 Å². The molecule has 0 aliphatic carbocycles. The van der Waals surface area contributed by atoms with Crippen molar-refractivity contribution >= 4 is 11.9 Å².